The second kappa shape index (κ2) is 4.07. The lowest BCUT2D eigenvalue weighted by molar-refractivity contribution is 0.107. The van der Waals surface area contributed by atoms with Crippen LogP contribution >= 0.6 is 0 Å². The standard InChI is InChI=1S/C11H16FNO/c1-11(2,3)13-10(14)8-4-6-9(12)7-5-8/h4-7,10,13-14H,1-3H3. The molecule has 0 aliphatic rings. The number of hydrogen-bond acceptors (Lipinski definition) is 2. The molecular weight excluding hydrogens is 181 g/mol. The summed E-state index contributed by atoms with van der Waals surface area (Å²) in [6.07, 6.45) is -0.754. The Labute approximate surface area is 83.8 Å². The van der Waals surface area contributed by atoms with E-state index in [1.54, 1.807) is 12.1 Å². The SMILES string of the molecule is CC(C)(C)NC(O)c1ccc(F)cc1. The minimum Gasteiger partial charge on any atom is -0.374 e. The summed E-state index contributed by atoms with van der Waals surface area (Å²) in [5.74, 6) is -0.295. The molecule has 2 N–H and O–H groups in total. The molecule has 0 bridgehead atoms. The molecule has 14 heavy (non-hydrogen) atoms. The van der Waals surface area contributed by atoms with Crippen LogP contribution in [0.1, 0.15) is 32.6 Å². The number of nitrogens with one attached hydrogen (secondary N) is 1. The Morgan fingerprint density at radius 2 is 1.71 bits per heavy atom. The van der Waals surface area contributed by atoms with Gasteiger partial charge in [-0.15, -0.1) is 0 Å². The Kier molecular flexibility index (Phi) is 3.24. The molecule has 3 heteroatoms. The Hall–Kier alpha value is -0.930. The average molecular weight is 197 g/mol. The second-order valence-electron chi connectivity index (χ2n) is 4.35. The highest BCUT2D eigenvalue weighted by Crippen LogP contribution is 2.14. The molecule has 0 saturated heterocycles. The zero-order valence-electron chi connectivity index (χ0n) is 8.71. The van der Waals surface area contributed by atoms with E-state index in [1.807, 2.05) is 20.8 Å². The van der Waals surface area contributed by atoms with Gasteiger partial charge in [0.05, 0.1) is 0 Å². The molecule has 0 aromatic heterocycles. The first-order chi connectivity index (χ1) is 6.38. The molecule has 78 valence electrons. The number of aliphatic hydroxyl groups excluding tert-OH is 1. The fourth-order valence-electron chi connectivity index (χ4n) is 1.14. The third-order valence-corrected chi connectivity index (χ3v) is 1.76. The van der Waals surface area contributed by atoms with Crippen LogP contribution in [0.15, 0.2) is 24.3 Å². The van der Waals surface area contributed by atoms with Gasteiger partial charge in [0.15, 0.2) is 0 Å². The van der Waals surface area contributed by atoms with Crippen molar-refractivity contribution >= 4 is 0 Å². The zero-order valence-corrected chi connectivity index (χ0v) is 8.71. The van der Waals surface area contributed by atoms with Gasteiger partial charge in [-0.1, -0.05) is 12.1 Å². The molecule has 1 aromatic carbocycles. The molecule has 1 rings (SSSR count). The van der Waals surface area contributed by atoms with E-state index in [1.165, 1.54) is 12.1 Å². The molecule has 0 saturated carbocycles. The molecule has 0 spiro atoms. The van der Waals surface area contributed by atoms with Crippen LogP contribution in [0.2, 0.25) is 0 Å². The van der Waals surface area contributed by atoms with Crippen molar-refractivity contribution in [1.82, 2.24) is 5.32 Å². The van der Waals surface area contributed by atoms with E-state index in [0.29, 0.717) is 5.56 Å². The van der Waals surface area contributed by atoms with Gasteiger partial charge >= 0.3 is 0 Å². The fourth-order valence-corrected chi connectivity index (χ4v) is 1.14. The van der Waals surface area contributed by atoms with Gasteiger partial charge in [0.1, 0.15) is 12.0 Å². The van der Waals surface area contributed by atoms with Crippen LogP contribution in [0.4, 0.5) is 4.39 Å². The second-order valence-corrected chi connectivity index (χ2v) is 4.35. The predicted molar refractivity (Wildman–Crippen MR) is 54.2 cm³/mol. The van der Waals surface area contributed by atoms with E-state index < -0.39 is 6.23 Å². The minimum atomic E-state index is -0.754. The summed E-state index contributed by atoms with van der Waals surface area (Å²) < 4.78 is 12.6. The first-order valence-corrected chi connectivity index (χ1v) is 4.60. The minimum absolute atomic E-state index is 0.173. The van der Waals surface area contributed by atoms with Crippen molar-refractivity contribution in [3.05, 3.63) is 35.6 Å². The molecule has 1 atom stereocenters. The molecule has 0 radical (unpaired) electrons. The Bertz CT molecular complexity index is 289. The maximum atomic E-state index is 12.6. The van der Waals surface area contributed by atoms with Gasteiger partial charge < -0.3 is 5.11 Å². The third-order valence-electron chi connectivity index (χ3n) is 1.76. The van der Waals surface area contributed by atoms with Gasteiger partial charge in [-0.2, -0.15) is 0 Å². The lowest BCUT2D eigenvalue weighted by Gasteiger charge is -2.25. The molecule has 1 aromatic rings. The number of aliphatic hydroxyl groups is 1. The van der Waals surface area contributed by atoms with Crippen molar-refractivity contribution in [2.24, 2.45) is 0 Å². The molecule has 0 aliphatic heterocycles. The van der Waals surface area contributed by atoms with Crippen molar-refractivity contribution in [2.45, 2.75) is 32.5 Å². The molecular formula is C11H16FNO. The van der Waals surface area contributed by atoms with Crippen LogP contribution < -0.4 is 5.32 Å². The van der Waals surface area contributed by atoms with E-state index in [0.717, 1.165) is 0 Å². The predicted octanol–water partition coefficient (Wildman–Crippen LogP) is 2.20. The summed E-state index contributed by atoms with van der Waals surface area (Å²) in [4.78, 5) is 0. The van der Waals surface area contributed by atoms with Gasteiger partial charge in [0.2, 0.25) is 0 Å². The van der Waals surface area contributed by atoms with Crippen molar-refractivity contribution in [2.75, 3.05) is 0 Å². The van der Waals surface area contributed by atoms with Gasteiger partial charge in [0, 0.05) is 5.54 Å². The van der Waals surface area contributed by atoms with Crippen LogP contribution in [0.3, 0.4) is 0 Å². The number of benzene rings is 1. The van der Waals surface area contributed by atoms with E-state index in [4.69, 9.17) is 0 Å². The monoisotopic (exact) mass is 197 g/mol. The van der Waals surface area contributed by atoms with E-state index in [2.05, 4.69) is 5.32 Å². The van der Waals surface area contributed by atoms with Crippen molar-refractivity contribution in [1.29, 1.82) is 0 Å². The van der Waals surface area contributed by atoms with Crippen LogP contribution in [0, 0.1) is 5.82 Å². The normalized spacial score (nSPS) is 14.1. The fraction of sp³-hybridized carbons (Fsp3) is 0.455. The van der Waals surface area contributed by atoms with Gasteiger partial charge in [-0.25, -0.2) is 4.39 Å². The topological polar surface area (TPSA) is 32.3 Å². The van der Waals surface area contributed by atoms with E-state index >= 15 is 0 Å². The number of halogens is 1. The van der Waals surface area contributed by atoms with Crippen molar-refractivity contribution in [3.63, 3.8) is 0 Å². The zero-order chi connectivity index (χ0) is 10.8. The first kappa shape index (κ1) is 11.1. The van der Waals surface area contributed by atoms with Gasteiger partial charge in [-0.05, 0) is 38.5 Å². The summed E-state index contributed by atoms with van der Waals surface area (Å²) in [6, 6.07) is 5.81. The maximum Gasteiger partial charge on any atom is 0.131 e. The Balaban J connectivity index is 2.70. The quantitative estimate of drug-likeness (QED) is 0.712. The van der Waals surface area contributed by atoms with E-state index in [-0.39, 0.29) is 11.4 Å². The highest BCUT2D eigenvalue weighted by molar-refractivity contribution is 5.18. The summed E-state index contributed by atoms with van der Waals surface area (Å²) in [5, 5.41) is 12.7. The molecule has 0 aliphatic carbocycles. The molecule has 0 fully saturated rings. The van der Waals surface area contributed by atoms with Crippen molar-refractivity contribution < 1.29 is 9.50 Å². The van der Waals surface area contributed by atoms with Gasteiger partial charge in [-0.3, -0.25) is 5.32 Å². The highest BCUT2D eigenvalue weighted by Gasteiger charge is 2.15. The maximum absolute atomic E-state index is 12.6. The smallest absolute Gasteiger partial charge is 0.131 e. The third kappa shape index (κ3) is 3.44. The lowest BCUT2D eigenvalue weighted by atomic mass is 10.1. The first-order valence-electron chi connectivity index (χ1n) is 4.60. The molecule has 1 unspecified atom stereocenters. The molecule has 0 heterocycles. The van der Waals surface area contributed by atoms with Crippen LogP contribution in [-0.4, -0.2) is 10.6 Å². The Morgan fingerprint density at radius 3 is 2.14 bits per heavy atom. The summed E-state index contributed by atoms with van der Waals surface area (Å²) in [6.45, 7) is 5.87. The molecule has 2 nitrogen and oxygen atoms in total. The van der Waals surface area contributed by atoms with Gasteiger partial charge in [0.25, 0.3) is 0 Å². The highest BCUT2D eigenvalue weighted by atomic mass is 19.1. The average Bonchev–Trinajstić information content (AvgIpc) is 2.02. The lowest BCUT2D eigenvalue weighted by Crippen LogP contribution is -2.38. The summed E-state index contributed by atoms with van der Waals surface area (Å²) in [7, 11) is 0. The van der Waals surface area contributed by atoms with Crippen molar-refractivity contribution in [3.8, 4) is 0 Å². The number of rotatable bonds is 2. The molecule has 0 amide bonds. The van der Waals surface area contributed by atoms with Crippen LogP contribution in [0.25, 0.3) is 0 Å². The van der Waals surface area contributed by atoms with Crippen LogP contribution in [-0.2, 0) is 0 Å². The summed E-state index contributed by atoms with van der Waals surface area (Å²) in [5.41, 5.74) is 0.495. The van der Waals surface area contributed by atoms with Crippen LogP contribution in [0.5, 0.6) is 0 Å². The summed E-state index contributed by atoms with van der Waals surface area (Å²) >= 11 is 0. The van der Waals surface area contributed by atoms with E-state index in [9.17, 15) is 9.50 Å². The Morgan fingerprint density at radius 1 is 1.21 bits per heavy atom. The largest absolute Gasteiger partial charge is 0.374 e. The number of hydrogen-bond donors (Lipinski definition) is 2.